The highest BCUT2D eigenvalue weighted by atomic mass is 16.5. The van der Waals surface area contributed by atoms with Crippen molar-refractivity contribution in [1.82, 2.24) is 5.32 Å². The van der Waals surface area contributed by atoms with Crippen molar-refractivity contribution in [2.24, 2.45) is 11.8 Å². The van der Waals surface area contributed by atoms with E-state index in [1.54, 1.807) is 0 Å². The van der Waals surface area contributed by atoms with Gasteiger partial charge in [0.1, 0.15) is 0 Å². The monoisotopic (exact) mass is 269 g/mol. The molecule has 2 N–H and O–H groups in total. The van der Waals surface area contributed by atoms with Crippen LogP contribution >= 0.6 is 0 Å². The van der Waals surface area contributed by atoms with E-state index in [9.17, 15) is 5.11 Å². The van der Waals surface area contributed by atoms with Crippen LogP contribution in [0.2, 0.25) is 0 Å². The molecule has 0 aromatic carbocycles. The van der Waals surface area contributed by atoms with Gasteiger partial charge < -0.3 is 15.2 Å². The Bertz CT molecular complexity index is 245. The predicted molar refractivity (Wildman–Crippen MR) is 78.2 cm³/mol. The number of ether oxygens (including phenoxy) is 1. The Morgan fingerprint density at radius 2 is 1.95 bits per heavy atom. The second-order valence-electron chi connectivity index (χ2n) is 6.40. The lowest BCUT2D eigenvalue weighted by Gasteiger charge is -2.34. The van der Waals surface area contributed by atoms with Crippen LogP contribution in [-0.4, -0.2) is 37.0 Å². The lowest BCUT2D eigenvalue weighted by Crippen LogP contribution is -2.42. The Hall–Kier alpha value is -0.120. The molecule has 0 spiro atoms. The summed E-state index contributed by atoms with van der Waals surface area (Å²) < 4.78 is 5.80. The summed E-state index contributed by atoms with van der Waals surface area (Å²) >= 11 is 0. The maximum atomic E-state index is 9.46. The standard InChI is InChI=1S/C16H31NO2/c1-2-5-16-10-15(8-9-19-16)17-11-13-6-3-4-7-14(13)12-18/h13-18H,2-12H2,1H3. The van der Waals surface area contributed by atoms with Crippen molar-refractivity contribution in [3.8, 4) is 0 Å². The van der Waals surface area contributed by atoms with Crippen molar-refractivity contribution in [2.45, 2.75) is 70.4 Å². The summed E-state index contributed by atoms with van der Waals surface area (Å²) in [4.78, 5) is 0. The molecule has 1 saturated heterocycles. The Morgan fingerprint density at radius 1 is 1.16 bits per heavy atom. The molecule has 3 heteroatoms. The summed E-state index contributed by atoms with van der Waals surface area (Å²) in [5, 5.41) is 13.2. The fourth-order valence-electron chi connectivity index (χ4n) is 3.70. The molecule has 1 saturated carbocycles. The summed E-state index contributed by atoms with van der Waals surface area (Å²) in [6.07, 6.45) is 10.4. The number of hydrogen-bond donors (Lipinski definition) is 2. The number of aliphatic hydroxyl groups is 1. The maximum absolute atomic E-state index is 9.46. The molecular weight excluding hydrogens is 238 g/mol. The molecule has 2 fully saturated rings. The van der Waals surface area contributed by atoms with Gasteiger partial charge in [-0.3, -0.25) is 0 Å². The van der Waals surface area contributed by atoms with E-state index in [1.165, 1.54) is 44.9 Å². The van der Waals surface area contributed by atoms with Crippen LogP contribution in [-0.2, 0) is 4.74 Å². The minimum absolute atomic E-state index is 0.374. The first-order chi connectivity index (χ1) is 9.33. The molecule has 0 radical (unpaired) electrons. The van der Waals surface area contributed by atoms with E-state index in [4.69, 9.17) is 4.74 Å². The summed E-state index contributed by atoms with van der Waals surface area (Å²) in [6, 6.07) is 0.631. The molecule has 1 heterocycles. The average Bonchev–Trinajstić information content (AvgIpc) is 2.46. The number of aliphatic hydroxyl groups excluding tert-OH is 1. The van der Waals surface area contributed by atoms with Gasteiger partial charge in [0.25, 0.3) is 0 Å². The van der Waals surface area contributed by atoms with Crippen molar-refractivity contribution in [3.05, 3.63) is 0 Å². The van der Waals surface area contributed by atoms with Crippen molar-refractivity contribution in [2.75, 3.05) is 19.8 Å². The lowest BCUT2D eigenvalue weighted by molar-refractivity contribution is -0.00483. The molecule has 0 aromatic heterocycles. The number of rotatable bonds is 6. The molecule has 4 unspecified atom stereocenters. The topological polar surface area (TPSA) is 41.5 Å². The van der Waals surface area contributed by atoms with Crippen LogP contribution < -0.4 is 5.32 Å². The van der Waals surface area contributed by atoms with Crippen LogP contribution in [0.15, 0.2) is 0 Å². The molecule has 0 aromatic rings. The van der Waals surface area contributed by atoms with Gasteiger partial charge in [-0.1, -0.05) is 26.2 Å². The van der Waals surface area contributed by atoms with Crippen LogP contribution in [0.1, 0.15) is 58.3 Å². The first-order valence-electron chi connectivity index (χ1n) is 8.29. The molecule has 2 aliphatic rings. The highest BCUT2D eigenvalue weighted by molar-refractivity contribution is 4.81. The summed E-state index contributed by atoms with van der Waals surface area (Å²) in [7, 11) is 0. The third-order valence-electron chi connectivity index (χ3n) is 4.95. The zero-order chi connectivity index (χ0) is 13.5. The quantitative estimate of drug-likeness (QED) is 0.779. The second kappa shape index (κ2) is 8.23. The second-order valence-corrected chi connectivity index (χ2v) is 6.40. The SMILES string of the molecule is CCCC1CC(NCC2CCCCC2CO)CCO1. The highest BCUT2D eigenvalue weighted by Crippen LogP contribution is 2.29. The number of nitrogens with one attached hydrogen (secondary N) is 1. The summed E-state index contributed by atoms with van der Waals surface area (Å²) in [5.41, 5.74) is 0. The van der Waals surface area contributed by atoms with E-state index in [2.05, 4.69) is 12.2 Å². The minimum atomic E-state index is 0.374. The van der Waals surface area contributed by atoms with E-state index < -0.39 is 0 Å². The average molecular weight is 269 g/mol. The lowest BCUT2D eigenvalue weighted by atomic mass is 9.79. The van der Waals surface area contributed by atoms with E-state index >= 15 is 0 Å². The first-order valence-corrected chi connectivity index (χ1v) is 8.29. The van der Waals surface area contributed by atoms with Crippen LogP contribution in [0.5, 0.6) is 0 Å². The van der Waals surface area contributed by atoms with Crippen LogP contribution in [0.4, 0.5) is 0 Å². The van der Waals surface area contributed by atoms with Gasteiger partial charge in [-0.2, -0.15) is 0 Å². The molecule has 19 heavy (non-hydrogen) atoms. The van der Waals surface area contributed by atoms with Crippen LogP contribution in [0.25, 0.3) is 0 Å². The molecule has 0 amide bonds. The third-order valence-corrected chi connectivity index (χ3v) is 4.95. The summed E-state index contributed by atoms with van der Waals surface area (Å²) in [5.74, 6) is 1.22. The maximum Gasteiger partial charge on any atom is 0.0589 e. The molecule has 2 rings (SSSR count). The number of hydrogen-bond acceptors (Lipinski definition) is 3. The fourth-order valence-corrected chi connectivity index (χ4v) is 3.70. The zero-order valence-electron chi connectivity index (χ0n) is 12.4. The minimum Gasteiger partial charge on any atom is -0.396 e. The molecule has 1 aliphatic heterocycles. The van der Waals surface area contributed by atoms with Crippen molar-refractivity contribution in [1.29, 1.82) is 0 Å². The molecule has 1 aliphatic carbocycles. The van der Waals surface area contributed by atoms with Gasteiger partial charge in [0.05, 0.1) is 6.10 Å². The van der Waals surface area contributed by atoms with Crippen molar-refractivity contribution >= 4 is 0 Å². The largest absolute Gasteiger partial charge is 0.396 e. The van der Waals surface area contributed by atoms with E-state index in [0.29, 0.717) is 30.6 Å². The first kappa shape index (κ1) is 15.3. The third kappa shape index (κ3) is 4.73. The molecule has 3 nitrogen and oxygen atoms in total. The zero-order valence-corrected chi connectivity index (χ0v) is 12.4. The van der Waals surface area contributed by atoms with Gasteiger partial charge in [0, 0.05) is 19.3 Å². The highest BCUT2D eigenvalue weighted by Gasteiger charge is 2.26. The molecule has 112 valence electrons. The molecule has 0 bridgehead atoms. The van der Waals surface area contributed by atoms with Gasteiger partial charge in [-0.05, 0) is 50.5 Å². The molecule has 4 atom stereocenters. The Kier molecular flexibility index (Phi) is 6.62. The van der Waals surface area contributed by atoms with Gasteiger partial charge in [-0.25, -0.2) is 0 Å². The van der Waals surface area contributed by atoms with E-state index in [0.717, 1.165) is 19.6 Å². The van der Waals surface area contributed by atoms with E-state index in [1.807, 2.05) is 0 Å². The smallest absolute Gasteiger partial charge is 0.0589 e. The fraction of sp³-hybridized carbons (Fsp3) is 1.00. The van der Waals surface area contributed by atoms with Crippen molar-refractivity contribution < 1.29 is 9.84 Å². The van der Waals surface area contributed by atoms with Gasteiger partial charge >= 0.3 is 0 Å². The van der Waals surface area contributed by atoms with Crippen LogP contribution in [0, 0.1) is 11.8 Å². The molecular formula is C16H31NO2. The van der Waals surface area contributed by atoms with Gasteiger partial charge in [0.15, 0.2) is 0 Å². The van der Waals surface area contributed by atoms with Crippen LogP contribution in [0.3, 0.4) is 0 Å². The van der Waals surface area contributed by atoms with Crippen molar-refractivity contribution in [3.63, 3.8) is 0 Å². The summed E-state index contributed by atoms with van der Waals surface area (Å²) in [6.45, 7) is 4.61. The Morgan fingerprint density at radius 3 is 2.68 bits per heavy atom. The van der Waals surface area contributed by atoms with Gasteiger partial charge in [0.2, 0.25) is 0 Å². The predicted octanol–water partition coefficient (Wildman–Crippen LogP) is 2.72. The normalized spacial score (nSPS) is 36.3. The van der Waals surface area contributed by atoms with E-state index in [-0.39, 0.29) is 0 Å². The Labute approximate surface area is 118 Å². The Balaban J connectivity index is 1.71. The van der Waals surface area contributed by atoms with Gasteiger partial charge in [-0.15, -0.1) is 0 Å².